The van der Waals surface area contributed by atoms with Crippen LogP contribution in [0.4, 0.5) is 5.69 Å². The number of nitrogens with two attached hydrogens (primary N) is 1. The number of hydrogen-bond donors (Lipinski definition) is 3. The quantitative estimate of drug-likeness (QED) is 0.631. The van der Waals surface area contributed by atoms with Crippen LogP contribution in [0.2, 0.25) is 0 Å². The van der Waals surface area contributed by atoms with Crippen molar-refractivity contribution in [3.05, 3.63) is 30.3 Å². The van der Waals surface area contributed by atoms with Crippen molar-refractivity contribution in [2.75, 3.05) is 11.9 Å². The molecule has 1 unspecified atom stereocenters. The number of rotatable bonds is 4. The van der Waals surface area contributed by atoms with Gasteiger partial charge in [-0.05, 0) is 12.1 Å². The molecule has 0 saturated carbocycles. The maximum atomic E-state index is 10.4. The average molecular weight is 180 g/mol. The lowest BCUT2D eigenvalue weighted by molar-refractivity contribution is -0.138. The number of carboxylic acids is 1. The maximum Gasteiger partial charge on any atom is 0.322 e. The van der Waals surface area contributed by atoms with Gasteiger partial charge in [-0.15, -0.1) is 0 Å². The standard InChI is InChI=1S/C9H12N2O2/c10-8(9(12)13)6-11-7-4-2-1-3-5-7/h1-5,8,11H,6,10H2,(H,12,13). The molecule has 4 N–H and O–H groups in total. The van der Waals surface area contributed by atoms with Gasteiger partial charge in [0.25, 0.3) is 0 Å². The minimum absolute atomic E-state index is 0.235. The summed E-state index contributed by atoms with van der Waals surface area (Å²) in [6.45, 7) is 0.235. The first-order valence-electron chi connectivity index (χ1n) is 3.97. The van der Waals surface area contributed by atoms with Crippen molar-refractivity contribution in [1.29, 1.82) is 0 Å². The number of nitrogens with one attached hydrogen (secondary N) is 1. The van der Waals surface area contributed by atoms with Crippen LogP contribution < -0.4 is 11.1 Å². The first-order chi connectivity index (χ1) is 6.20. The van der Waals surface area contributed by atoms with Crippen molar-refractivity contribution >= 4 is 11.7 Å². The van der Waals surface area contributed by atoms with E-state index in [2.05, 4.69) is 5.32 Å². The lowest BCUT2D eigenvalue weighted by atomic mass is 10.3. The van der Waals surface area contributed by atoms with E-state index in [0.717, 1.165) is 5.69 Å². The van der Waals surface area contributed by atoms with Crippen molar-refractivity contribution < 1.29 is 9.90 Å². The molecule has 0 spiro atoms. The summed E-state index contributed by atoms with van der Waals surface area (Å²) in [7, 11) is 0. The summed E-state index contributed by atoms with van der Waals surface area (Å²) < 4.78 is 0. The molecule has 1 aromatic carbocycles. The largest absolute Gasteiger partial charge is 0.480 e. The van der Waals surface area contributed by atoms with Crippen LogP contribution in [0.3, 0.4) is 0 Å². The van der Waals surface area contributed by atoms with E-state index in [9.17, 15) is 4.79 Å². The van der Waals surface area contributed by atoms with E-state index in [-0.39, 0.29) is 6.54 Å². The molecule has 1 atom stereocenters. The smallest absolute Gasteiger partial charge is 0.322 e. The van der Waals surface area contributed by atoms with Crippen LogP contribution in [0.1, 0.15) is 0 Å². The number of hydrogen-bond acceptors (Lipinski definition) is 3. The number of carboxylic acid groups (broad SMARTS) is 1. The van der Waals surface area contributed by atoms with Gasteiger partial charge in [0, 0.05) is 12.2 Å². The predicted molar refractivity (Wildman–Crippen MR) is 50.5 cm³/mol. The second kappa shape index (κ2) is 4.47. The fourth-order valence-electron chi connectivity index (χ4n) is 0.871. The summed E-state index contributed by atoms with van der Waals surface area (Å²) in [5, 5.41) is 11.4. The summed E-state index contributed by atoms with van der Waals surface area (Å²) in [5.74, 6) is -0.997. The monoisotopic (exact) mass is 180 g/mol. The number of benzene rings is 1. The second-order valence-electron chi connectivity index (χ2n) is 2.69. The molecule has 0 bridgehead atoms. The van der Waals surface area contributed by atoms with Gasteiger partial charge in [0.1, 0.15) is 6.04 Å². The Morgan fingerprint density at radius 2 is 2.08 bits per heavy atom. The molecular formula is C9H12N2O2. The van der Waals surface area contributed by atoms with Crippen LogP contribution in [0.5, 0.6) is 0 Å². The predicted octanol–water partition coefficient (Wildman–Crippen LogP) is 0.510. The molecule has 4 heteroatoms. The Morgan fingerprint density at radius 1 is 1.46 bits per heavy atom. The van der Waals surface area contributed by atoms with Crippen LogP contribution in [-0.4, -0.2) is 23.7 Å². The van der Waals surface area contributed by atoms with E-state index in [0.29, 0.717) is 0 Å². The van der Waals surface area contributed by atoms with E-state index in [1.165, 1.54) is 0 Å². The molecule has 0 amide bonds. The van der Waals surface area contributed by atoms with Crippen LogP contribution in [0, 0.1) is 0 Å². The highest BCUT2D eigenvalue weighted by Gasteiger charge is 2.09. The van der Waals surface area contributed by atoms with Gasteiger partial charge in [-0.3, -0.25) is 4.79 Å². The third-order valence-electron chi connectivity index (χ3n) is 1.62. The Labute approximate surface area is 76.4 Å². The Bertz CT molecular complexity index is 274. The molecule has 0 radical (unpaired) electrons. The Hall–Kier alpha value is -1.55. The fraction of sp³-hybridized carbons (Fsp3) is 0.222. The molecule has 0 saturated heterocycles. The van der Waals surface area contributed by atoms with E-state index in [1.54, 1.807) is 0 Å². The molecule has 0 aromatic heterocycles. The highest BCUT2D eigenvalue weighted by atomic mass is 16.4. The molecule has 70 valence electrons. The minimum Gasteiger partial charge on any atom is -0.480 e. The van der Waals surface area contributed by atoms with Crippen molar-refractivity contribution in [1.82, 2.24) is 0 Å². The Kier molecular flexibility index (Phi) is 3.28. The molecule has 1 aromatic rings. The molecule has 13 heavy (non-hydrogen) atoms. The number of aliphatic carboxylic acids is 1. The van der Waals surface area contributed by atoms with Crippen LogP contribution >= 0.6 is 0 Å². The van der Waals surface area contributed by atoms with Crippen molar-refractivity contribution in [2.45, 2.75) is 6.04 Å². The number of carbonyl (C=O) groups is 1. The molecule has 0 aliphatic rings. The molecule has 0 aliphatic heterocycles. The summed E-state index contributed by atoms with van der Waals surface area (Å²) in [6, 6.07) is 8.48. The van der Waals surface area contributed by atoms with Gasteiger partial charge in [-0.25, -0.2) is 0 Å². The van der Waals surface area contributed by atoms with Gasteiger partial charge in [-0.1, -0.05) is 18.2 Å². The van der Waals surface area contributed by atoms with E-state index < -0.39 is 12.0 Å². The van der Waals surface area contributed by atoms with Crippen molar-refractivity contribution in [3.63, 3.8) is 0 Å². The Balaban J connectivity index is 2.39. The third-order valence-corrected chi connectivity index (χ3v) is 1.62. The maximum absolute atomic E-state index is 10.4. The highest BCUT2D eigenvalue weighted by molar-refractivity contribution is 5.74. The van der Waals surface area contributed by atoms with Gasteiger partial charge in [0.2, 0.25) is 0 Å². The lowest BCUT2D eigenvalue weighted by Gasteiger charge is -2.08. The minimum atomic E-state index is -0.997. The SMILES string of the molecule is NC(CNc1ccccc1)C(=O)O. The van der Waals surface area contributed by atoms with Crippen LogP contribution in [0.25, 0.3) is 0 Å². The van der Waals surface area contributed by atoms with Gasteiger partial charge in [-0.2, -0.15) is 0 Å². The average Bonchev–Trinajstić information content (AvgIpc) is 2.15. The first kappa shape index (κ1) is 9.54. The summed E-state index contributed by atoms with van der Waals surface area (Å²) >= 11 is 0. The van der Waals surface area contributed by atoms with Crippen LogP contribution in [-0.2, 0) is 4.79 Å². The molecule has 1 rings (SSSR count). The third kappa shape index (κ3) is 3.13. The second-order valence-corrected chi connectivity index (χ2v) is 2.69. The zero-order valence-corrected chi connectivity index (χ0v) is 7.10. The van der Waals surface area contributed by atoms with E-state index in [4.69, 9.17) is 10.8 Å². The molecule has 0 heterocycles. The normalized spacial score (nSPS) is 12.1. The topological polar surface area (TPSA) is 75.3 Å². The summed E-state index contributed by atoms with van der Waals surface area (Å²) in [5.41, 5.74) is 6.18. The number of para-hydroxylation sites is 1. The molecular weight excluding hydrogens is 168 g/mol. The van der Waals surface area contributed by atoms with Gasteiger partial charge < -0.3 is 16.2 Å². The fourth-order valence-corrected chi connectivity index (χ4v) is 0.871. The van der Waals surface area contributed by atoms with Crippen LogP contribution in [0.15, 0.2) is 30.3 Å². The lowest BCUT2D eigenvalue weighted by Crippen LogP contribution is -2.36. The summed E-state index contributed by atoms with van der Waals surface area (Å²) in [4.78, 5) is 10.4. The molecule has 0 fully saturated rings. The van der Waals surface area contributed by atoms with Crippen molar-refractivity contribution in [2.24, 2.45) is 5.73 Å². The first-order valence-corrected chi connectivity index (χ1v) is 3.97. The van der Waals surface area contributed by atoms with Crippen molar-refractivity contribution in [3.8, 4) is 0 Å². The van der Waals surface area contributed by atoms with E-state index in [1.807, 2.05) is 30.3 Å². The van der Waals surface area contributed by atoms with Gasteiger partial charge in [0.05, 0.1) is 0 Å². The zero-order valence-electron chi connectivity index (χ0n) is 7.10. The van der Waals surface area contributed by atoms with Gasteiger partial charge >= 0.3 is 5.97 Å². The molecule has 0 aliphatic carbocycles. The highest BCUT2D eigenvalue weighted by Crippen LogP contribution is 2.03. The Morgan fingerprint density at radius 3 is 2.62 bits per heavy atom. The van der Waals surface area contributed by atoms with Gasteiger partial charge in [0.15, 0.2) is 0 Å². The summed E-state index contributed by atoms with van der Waals surface area (Å²) in [6.07, 6.45) is 0. The zero-order chi connectivity index (χ0) is 9.68. The van der Waals surface area contributed by atoms with E-state index >= 15 is 0 Å². The number of anilines is 1. The molecule has 4 nitrogen and oxygen atoms in total.